The fourth-order valence-electron chi connectivity index (χ4n) is 2.64. The quantitative estimate of drug-likeness (QED) is 0.690. The fraction of sp³-hybridized carbons (Fsp3) is 0.533. The molecule has 4 nitrogen and oxygen atoms in total. The Hall–Kier alpha value is -1.14. The molecule has 1 atom stereocenters. The zero-order chi connectivity index (χ0) is 14.7. The molecule has 1 N–H and O–H groups in total. The van der Waals surface area contributed by atoms with Crippen LogP contribution in [0.25, 0.3) is 10.2 Å². The van der Waals surface area contributed by atoms with Crippen LogP contribution in [0.4, 0.5) is 0 Å². The van der Waals surface area contributed by atoms with Crippen molar-refractivity contribution in [1.82, 2.24) is 15.3 Å². The van der Waals surface area contributed by atoms with E-state index in [9.17, 15) is 4.79 Å². The van der Waals surface area contributed by atoms with Crippen molar-refractivity contribution in [2.45, 2.75) is 55.3 Å². The molecule has 3 rings (SSSR count). The highest BCUT2D eigenvalue weighted by Gasteiger charge is 2.21. The van der Waals surface area contributed by atoms with Gasteiger partial charge in [-0.1, -0.05) is 31.0 Å². The molecule has 1 aliphatic carbocycles. The van der Waals surface area contributed by atoms with Crippen molar-refractivity contribution in [3.05, 3.63) is 17.8 Å². The van der Waals surface area contributed by atoms with Crippen molar-refractivity contribution in [3.8, 4) is 0 Å². The molecule has 1 amide bonds. The van der Waals surface area contributed by atoms with Crippen LogP contribution in [-0.2, 0) is 4.79 Å². The number of hydrogen-bond donors (Lipinski definition) is 1. The number of thioether (sulfide) groups is 1. The summed E-state index contributed by atoms with van der Waals surface area (Å²) >= 11 is 3.15. The molecule has 1 unspecified atom stereocenters. The van der Waals surface area contributed by atoms with Gasteiger partial charge < -0.3 is 5.32 Å². The topological polar surface area (TPSA) is 54.9 Å². The molecule has 0 aromatic carbocycles. The minimum atomic E-state index is -0.132. The maximum atomic E-state index is 12.3. The highest BCUT2D eigenvalue weighted by molar-refractivity contribution is 8.00. The maximum absolute atomic E-state index is 12.3. The molecule has 0 aliphatic heterocycles. The van der Waals surface area contributed by atoms with Crippen LogP contribution in [0.2, 0.25) is 0 Å². The Labute approximate surface area is 132 Å². The molecule has 1 aliphatic rings. The number of nitrogens with one attached hydrogen (secondary N) is 1. The van der Waals surface area contributed by atoms with Gasteiger partial charge in [-0.3, -0.25) is 4.79 Å². The summed E-state index contributed by atoms with van der Waals surface area (Å²) in [5.74, 6) is 0.121. The Morgan fingerprint density at radius 3 is 3.00 bits per heavy atom. The van der Waals surface area contributed by atoms with Crippen LogP contribution in [0.5, 0.6) is 0 Å². The molecule has 2 heterocycles. The van der Waals surface area contributed by atoms with E-state index in [2.05, 4.69) is 15.3 Å². The molecule has 0 bridgehead atoms. The van der Waals surface area contributed by atoms with Gasteiger partial charge in [-0.2, -0.15) is 0 Å². The minimum absolute atomic E-state index is 0.121. The lowest BCUT2D eigenvalue weighted by Crippen LogP contribution is -2.40. The number of carbonyl (C=O) groups excluding carboxylic acids is 1. The third-order valence-corrected chi connectivity index (χ3v) is 5.96. The minimum Gasteiger partial charge on any atom is -0.352 e. The van der Waals surface area contributed by atoms with Gasteiger partial charge in [0, 0.05) is 6.04 Å². The third-order valence-electron chi connectivity index (χ3n) is 3.82. The molecule has 0 spiro atoms. The molecule has 0 saturated heterocycles. The highest BCUT2D eigenvalue weighted by Crippen LogP contribution is 2.31. The lowest BCUT2D eigenvalue weighted by atomic mass is 9.95. The molecular formula is C15H19N3OS2. The number of rotatable bonds is 4. The first-order chi connectivity index (χ1) is 10.2. The number of amides is 1. The van der Waals surface area contributed by atoms with Crippen molar-refractivity contribution in [3.63, 3.8) is 0 Å². The van der Waals surface area contributed by atoms with Crippen molar-refractivity contribution in [2.24, 2.45) is 0 Å². The Morgan fingerprint density at radius 1 is 1.38 bits per heavy atom. The van der Waals surface area contributed by atoms with Gasteiger partial charge in [-0.25, -0.2) is 9.97 Å². The summed E-state index contributed by atoms with van der Waals surface area (Å²) in [4.78, 5) is 20.9. The van der Waals surface area contributed by atoms with Crippen molar-refractivity contribution >= 4 is 39.2 Å². The molecule has 0 radical (unpaired) electrons. The average molecular weight is 321 g/mol. The number of nitrogens with zero attached hydrogens (tertiary/aromatic N) is 2. The lowest BCUT2D eigenvalue weighted by Gasteiger charge is -2.24. The van der Waals surface area contributed by atoms with Crippen LogP contribution in [0.1, 0.15) is 39.0 Å². The number of hydrogen-bond acceptors (Lipinski definition) is 5. The lowest BCUT2D eigenvalue weighted by molar-refractivity contribution is -0.121. The van der Waals surface area contributed by atoms with Gasteiger partial charge in [0.2, 0.25) is 5.91 Å². The van der Waals surface area contributed by atoms with E-state index in [-0.39, 0.29) is 11.2 Å². The van der Waals surface area contributed by atoms with Crippen molar-refractivity contribution < 1.29 is 4.79 Å². The molecule has 6 heteroatoms. The number of thiophene rings is 1. The molecule has 21 heavy (non-hydrogen) atoms. The summed E-state index contributed by atoms with van der Waals surface area (Å²) < 4.78 is 1.07. The van der Waals surface area contributed by atoms with Gasteiger partial charge in [0.25, 0.3) is 0 Å². The van der Waals surface area contributed by atoms with Gasteiger partial charge in [-0.05, 0) is 31.2 Å². The molecule has 112 valence electrons. The van der Waals surface area contributed by atoms with Gasteiger partial charge in [0.05, 0.1) is 15.5 Å². The summed E-state index contributed by atoms with van der Waals surface area (Å²) in [5, 5.41) is 5.96. The van der Waals surface area contributed by atoms with E-state index >= 15 is 0 Å². The second-order valence-electron chi connectivity index (χ2n) is 5.42. The van der Waals surface area contributed by atoms with E-state index in [0.29, 0.717) is 6.04 Å². The standard InChI is InChI=1S/C15H19N3OS2/c1-10(14(19)18-11-5-3-2-4-6-11)21-15-13-12(7-8-20-13)16-9-17-15/h7-11H,2-6H2,1H3,(H,18,19). The highest BCUT2D eigenvalue weighted by atomic mass is 32.2. The smallest absolute Gasteiger partial charge is 0.233 e. The summed E-state index contributed by atoms with van der Waals surface area (Å²) in [6, 6.07) is 2.35. The maximum Gasteiger partial charge on any atom is 0.233 e. The average Bonchev–Trinajstić information content (AvgIpc) is 2.98. The monoisotopic (exact) mass is 321 g/mol. The van der Waals surface area contributed by atoms with Crippen LogP contribution in [0.3, 0.4) is 0 Å². The third kappa shape index (κ3) is 3.55. The van der Waals surface area contributed by atoms with Crippen molar-refractivity contribution in [2.75, 3.05) is 0 Å². The van der Waals surface area contributed by atoms with Gasteiger partial charge in [0.15, 0.2) is 0 Å². The summed E-state index contributed by atoms with van der Waals surface area (Å²) in [6.07, 6.45) is 7.57. The van der Waals surface area contributed by atoms with E-state index in [1.807, 2.05) is 18.4 Å². The summed E-state index contributed by atoms with van der Waals surface area (Å²) in [5.41, 5.74) is 0.956. The Balaban J connectivity index is 1.63. The molecular weight excluding hydrogens is 302 g/mol. The van der Waals surface area contributed by atoms with Crippen LogP contribution in [0, 0.1) is 0 Å². The second-order valence-corrected chi connectivity index (χ2v) is 7.66. The van der Waals surface area contributed by atoms with Crippen LogP contribution >= 0.6 is 23.1 Å². The Morgan fingerprint density at radius 2 is 2.19 bits per heavy atom. The van der Waals surface area contributed by atoms with Gasteiger partial charge in [-0.15, -0.1) is 11.3 Å². The molecule has 2 aromatic rings. The van der Waals surface area contributed by atoms with E-state index in [1.54, 1.807) is 17.7 Å². The van der Waals surface area contributed by atoms with E-state index in [1.165, 1.54) is 31.0 Å². The predicted molar refractivity (Wildman–Crippen MR) is 87.7 cm³/mol. The zero-order valence-corrected chi connectivity index (χ0v) is 13.7. The van der Waals surface area contributed by atoms with Gasteiger partial charge >= 0.3 is 0 Å². The van der Waals surface area contributed by atoms with Crippen LogP contribution in [-0.4, -0.2) is 27.2 Å². The molecule has 1 saturated carbocycles. The first-order valence-electron chi connectivity index (χ1n) is 7.39. The Bertz CT molecular complexity index is 622. The normalized spacial score (nSPS) is 17.8. The largest absolute Gasteiger partial charge is 0.352 e. The first kappa shape index (κ1) is 14.8. The second kappa shape index (κ2) is 6.75. The molecule has 2 aromatic heterocycles. The summed E-state index contributed by atoms with van der Waals surface area (Å²) in [7, 11) is 0. The van der Waals surface area contributed by atoms with E-state index in [0.717, 1.165) is 28.1 Å². The van der Waals surface area contributed by atoms with E-state index in [4.69, 9.17) is 0 Å². The zero-order valence-electron chi connectivity index (χ0n) is 12.0. The number of aromatic nitrogens is 2. The fourth-order valence-corrected chi connectivity index (χ4v) is 4.48. The van der Waals surface area contributed by atoms with Gasteiger partial charge in [0.1, 0.15) is 11.4 Å². The molecule has 1 fully saturated rings. The SMILES string of the molecule is CC(Sc1ncnc2ccsc12)C(=O)NC1CCCCC1. The van der Waals surface area contributed by atoms with Crippen LogP contribution in [0.15, 0.2) is 22.8 Å². The summed E-state index contributed by atoms with van der Waals surface area (Å²) in [6.45, 7) is 1.95. The van der Waals surface area contributed by atoms with E-state index < -0.39 is 0 Å². The van der Waals surface area contributed by atoms with Crippen LogP contribution < -0.4 is 5.32 Å². The van der Waals surface area contributed by atoms with Crippen molar-refractivity contribution in [1.29, 1.82) is 0 Å². The number of carbonyl (C=O) groups is 1. The number of fused-ring (bicyclic) bond motifs is 1. The predicted octanol–water partition coefficient (Wildman–Crippen LogP) is 3.62. The first-order valence-corrected chi connectivity index (χ1v) is 9.15. The Kier molecular flexibility index (Phi) is 4.75.